The molecule has 1 aromatic carbocycles. The maximum absolute atomic E-state index is 10.6. The number of rotatable bonds is 6. The quantitative estimate of drug-likeness (QED) is 0.876. The van der Waals surface area contributed by atoms with E-state index in [-0.39, 0.29) is 12.5 Å². The first kappa shape index (κ1) is 14.2. The maximum Gasteiger partial charge on any atom is 0.303 e. The molecule has 0 spiro atoms. The summed E-state index contributed by atoms with van der Waals surface area (Å²) in [6.45, 7) is 4.75. The number of carboxylic acid groups (broad SMARTS) is 1. The van der Waals surface area contributed by atoms with Crippen LogP contribution in [0.25, 0.3) is 10.9 Å². The maximum atomic E-state index is 10.6. The number of anilines is 1. The van der Waals surface area contributed by atoms with Crippen molar-refractivity contribution in [2.75, 3.05) is 11.4 Å². The number of hydrogen-bond acceptors (Lipinski definition) is 4. The molecule has 0 aliphatic rings. The average Bonchev–Trinajstić information content (AvgIpc) is 2.42. The lowest BCUT2D eigenvalue weighted by Gasteiger charge is -2.26. The van der Waals surface area contributed by atoms with Gasteiger partial charge in [-0.25, -0.2) is 9.97 Å². The summed E-state index contributed by atoms with van der Waals surface area (Å²) in [5.74, 6) is -0.114. The fourth-order valence-electron chi connectivity index (χ4n) is 2.09. The van der Waals surface area contributed by atoms with Gasteiger partial charge >= 0.3 is 5.97 Å². The Hall–Kier alpha value is -2.17. The van der Waals surface area contributed by atoms with Crippen molar-refractivity contribution >= 4 is 22.8 Å². The van der Waals surface area contributed by atoms with E-state index in [1.165, 1.54) is 0 Å². The Labute approximate surface area is 118 Å². The van der Waals surface area contributed by atoms with Gasteiger partial charge in [0.1, 0.15) is 0 Å². The highest BCUT2D eigenvalue weighted by molar-refractivity contribution is 5.78. The first-order valence-corrected chi connectivity index (χ1v) is 6.78. The summed E-state index contributed by atoms with van der Waals surface area (Å²) >= 11 is 0. The van der Waals surface area contributed by atoms with Crippen LogP contribution in [0.2, 0.25) is 0 Å². The van der Waals surface area contributed by atoms with Gasteiger partial charge in [-0.15, -0.1) is 0 Å². The van der Waals surface area contributed by atoms with Crippen molar-refractivity contribution in [1.82, 2.24) is 9.97 Å². The third-order valence-electron chi connectivity index (χ3n) is 3.15. The fraction of sp³-hybridized carbons (Fsp3) is 0.400. The van der Waals surface area contributed by atoms with Gasteiger partial charge in [0, 0.05) is 30.6 Å². The molecule has 1 N–H and O–H groups in total. The lowest BCUT2D eigenvalue weighted by Crippen LogP contribution is -2.33. The third-order valence-corrected chi connectivity index (χ3v) is 3.15. The predicted octanol–water partition coefficient (Wildman–Crippen LogP) is 2.71. The van der Waals surface area contributed by atoms with Crippen molar-refractivity contribution in [1.29, 1.82) is 0 Å². The second-order valence-corrected chi connectivity index (χ2v) is 5.01. The standard InChI is InChI=1S/C15H19N3O2/c1-11(2)18(9-5-8-14(19)20)15-16-10-12-6-3-4-7-13(12)17-15/h3-4,6-7,10-11H,5,8-9H2,1-2H3,(H,19,20). The van der Waals surface area contributed by atoms with E-state index in [0.717, 1.165) is 10.9 Å². The molecule has 0 saturated carbocycles. The zero-order chi connectivity index (χ0) is 14.5. The SMILES string of the molecule is CC(C)N(CCCC(=O)O)c1ncc2ccccc2n1. The summed E-state index contributed by atoms with van der Waals surface area (Å²) < 4.78 is 0. The minimum atomic E-state index is -0.770. The Kier molecular flexibility index (Phi) is 4.50. The lowest BCUT2D eigenvalue weighted by molar-refractivity contribution is -0.137. The first-order valence-electron chi connectivity index (χ1n) is 6.78. The van der Waals surface area contributed by atoms with Crippen LogP contribution in [0.4, 0.5) is 5.95 Å². The summed E-state index contributed by atoms with van der Waals surface area (Å²) in [7, 11) is 0. The molecule has 0 saturated heterocycles. The molecule has 5 nitrogen and oxygen atoms in total. The molecule has 0 aliphatic carbocycles. The largest absolute Gasteiger partial charge is 0.481 e. The molecule has 5 heteroatoms. The molecule has 0 unspecified atom stereocenters. The Morgan fingerprint density at radius 2 is 2.10 bits per heavy atom. The number of hydrogen-bond donors (Lipinski definition) is 1. The molecular weight excluding hydrogens is 254 g/mol. The molecule has 20 heavy (non-hydrogen) atoms. The molecule has 0 bridgehead atoms. The molecule has 0 atom stereocenters. The molecule has 2 aromatic rings. The van der Waals surface area contributed by atoms with E-state index >= 15 is 0 Å². The van der Waals surface area contributed by atoms with Gasteiger partial charge < -0.3 is 10.0 Å². The smallest absolute Gasteiger partial charge is 0.303 e. The summed E-state index contributed by atoms with van der Waals surface area (Å²) in [6, 6.07) is 8.06. The molecule has 1 heterocycles. The Morgan fingerprint density at radius 3 is 2.80 bits per heavy atom. The molecule has 0 amide bonds. The minimum absolute atomic E-state index is 0.163. The van der Waals surface area contributed by atoms with Crippen molar-refractivity contribution in [2.45, 2.75) is 32.7 Å². The Balaban J connectivity index is 2.20. The van der Waals surface area contributed by atoms with Gasteiger partial charge in [0.25, 0.3) is 0 Å². The van der Waals surface area contributed by atoms with E-state index in [9.17, 15) is 4.79 Å². The van der Waals surface area contributed by atoms with Gasteiger partial charge in [-0.1, -0.05) is 18.2 Å². The summed E-state index contributed by atoms with van der Waals surface area (Å²) in [5.41, 5.74) is 0.904. The number of fused-ring (bicyclic) bond motifs is 1. The van der Waals surface area contributed by atoms with Crippen LogP contribution in [0.5, 0.6) is 0 Å². The Morgan fingerprint density at radius 1 is 1.35 bits per heavy atom. The molecular formula is C15H19N3O2. The number of para-hydroxylation sites is 1. The molecule has 1 aromatic heterocycles. The first-order chi connectivity index (χ1) is 9.58. The van der Waals surface area contributed by atoms with Crippen LogP contribution in [-0.4, -0.2) is 33.6 Å². The van der Waals surface area contributed by atoms with Crippen molar-refractivity contribution in [3.8, 4) is 0 Å². The second kappa shape index (κ2) is 6.32. The van der Waals surface area contributed by atoms with E-state index in [1.807, 2.05) is 35.4 Å². The molecule has 0 radical (unpaired) electrons. The number of carboxylic acids is 1. The number of benzene rings is 1. The van der Waals surface area contributed by atoms with Crippen molar-refractivity contribution in [3.05, 3.63) is 30.5 Å². The normalized spacial score (nSPS) is 10.9. The fourth-order valence-corrected chi connectivity index (χ4v) is 2.09. The van der Waals surface area contributed by atoms with Gasteiger partial charge in [0.15, 0.2) is 0 Å². The molecule has 0 aliphatic heterocycles. The number of aliphatic carboxylic acids is 1. The van der Waals surface area contributed by atoms with Gasteiger partial charge in [0.05, 0.1) is 5.52 Å². The summed E-state index contributed by atoms with van der Waals surface area (Å²) in [4.78, 5) is 21.6. The third kappa shape index (κ3) is 3.44. The zero-order valence-electron chi connectivity index (χ0n) is 11.8. The highest BCUT2D eigenvalue weighted by Gasteiger charge is 2.14. The highest BCUT2D eigenvalue weighted by atomic mass is 16.4. The van der Waals surface area contributed by atoms with E-state index in [2.05, 4.69) is 23.8 Å². The number of aromatic nitrogens is 2. The van der Waals surface area contributed by atoms with Crippen LogP contribution < -0.4 is 4.90 Å². The van der Waals surface area contributed by atoms with Crippen molar-refractivity contribution < 1.29 is 9.90 Å². The van der Waals surface area contributed by atoms with Crippen LogP contribution in [0.1, 0.15) is 26.7 Å². The van der Waals surface area contributed by atoms with Crippen molar-refractivity contribution in [2.24, 2.45) is 0 Å². The monoisotopic (exact) mass is 273 g/mol. The van der Waals surface area contributed by atoms with E-state index < -0.39 is 5.97 Å². The topological polar surface area (TPSA) is 66.3 Å². The van der Waals surface area contributed by atoms with Crippen LogP contribution in [-0.2, 0) is 4.79 Å². The molecule has 0 fully saturated rings. The highest BCUT2D eigenvalue weighted by Crippen LogP contribution is 2.17. The van der Waals surface area contributed by atoms with E-state index in [4.69, 9.17) is 5.11 Å². The van der Waals surface area contributed by atoms with Crippen LogP contribution in [0.3, 0.4) is 0 Å². The zero-order valence-corrected chi connectivity index (χ0v) is 11.8. The van der Waals surface area contributed by atoms with Crippen molar-refractivity contribution in [3.63, 3.8) is 0 Å². The van der Waals surface area contributed by atoms with Gasteiger partial charge in [-0.05, 0) is 26.3 Å². The van der Waals surface area contributed by atoms with Gasteiger partial charge in [-0.3, -0.25) is 4.79 Å². The van der Waals surface area contributed by atoms with Gasteiger partial charge in [-0.2, -0.15) is 0 Å². The van der Waals surface area contributed by atoms with Gasteiger partial charge in [0.2, 0.25) is 5.95 Å². The lowest BCUT2D eigenvalue weighted by atomic mass is 10.2. The molecule has 106 valence electrons. The van der Waals surface area contributed by atoms with Crippen LogP contribution in [0.15, 0.2) is 30.5 Å². The predicted molar refractivity (Wildman–Crippen MR) is 78.9 cm³/mol. The Bertz CT molecular complexity index is 598. The number of carbonyl (C=O) groups is 1. The second-order valence-electron chi connectivity index (χ2n) is 5.01. The average molecular weight is 273 g/mol. The van der Waals surface area contributed by atoms with E-state index in [0.29, 0.717) is 18.9 Å². The number of nitrogens with zero attached hydrogens (tertiary/aromatic N) is 3. The summed E-state index contributed by atoms with van der Waals surface area (Å²) in [6.07, 6.45) is 2.56. The van der Waals surface area contributed by atoms with E-state index in [1.54, 1.807) is 0 Å². The van der Waals surface area contributed by atoms with Crippen LogP contribution in [0, 0.1) is 0 Å². The summed E-state index contributed by atoms with van der Waals surface area (Å²) in [5, 5.41) is 9.73. The van der Waals surface area contributed by atoms with Crippen LogP contribution >= 0.6 is 0 Å². The molecule has 2 rings (SSSR count). The minimum Gasteiger partial charge on any atom is -0.481 e.